The molecular formula is C20H20Cl2N2O2. The average molecular weight is 391 g/mol. The Morgan fingerprint density at radius 3 is 2.50 bits per heavy atom. The number of halogens is 2. The monoisotopic (exact) mass is 390 g/mol. The Kier molecular flexibility index (Phi) is 5.54. The average Bonchev–Trinajstić information content (AvgIpc) is 2.62. The second-order valence-corrected chi connectivity index (χ2v) is 7.55. The Morgan fingerprint density at radius 1 is 1.04 bits per heavy atom. The van der Waals surface area contributed by atoms with Crippen LogP contribution >= 0.6 is 23.2 Å². The van der Waals surface area contributed by atoms with Crippen LogP contribution in [0.5, 0.6) is 0 Å². The van der Waals surface area contributed by atoms with Gasteiger partial charge in [-0.15, -0.1) is 0 Å². The van der Waals surface area contributed by atoms with Gasteiger partial charge in [-0.1, -0.05) is 43.1 Å². The van der Waals surface area contributed by atoms with E-state index in [1.807, 2.05) is 36.9 Å². The number of fused-ring (bicyclic) bond motifs is 1. The molecule has 2 aromatic rings. The van der Waals surface area contributed by atoms with Crippen LogP contribution in [0.15, 0.2) is 36.4 Å². The van der Waals surface area contributed by atoms with Crippen molar-refractivity contribution in [1.82, 2.24) is 4.90 Å². The minimum absolute atomic E-state index is 0.0194. The lowest BCUT2D eigenvalue weighted by Crippen LogP contribution is -2.38. The lowest BCUT2D eigenvalue weighted by atomic mass is 9.98. The topological polar surface area (TPSA) is 49.4 Å². The first kappa shape index (κ1) is 18.7. The molecule has 0 aromatic heterocycles. The molecule has 2 amide bonds. The number of nitrogens with zero attached hydrogens (tertiary/aromatic N) is 1. The number of hydrogen-bond acceptors (Lipinski definition) is 2. The summed E-state index contributed by atoms with van der Waals surface area (Å²) in [4.78, 5) is 26.6. The van der Waals surface area contributed by atoms with Gasteiger partial charge in [0, 0.05) is 30.3 Å². The predicted molar refractivity (Wildman–Crippen MR) is 105 cm³/mol. The summed E-state index contributed by atoms with van der Waals surface area (Å²) in [6.07, 6.45) is 0.828. The van der Waals surface area contributed by atoms with Crippen LogP contribution in [-0.2, 0) is 17.8 Å². The molecule has 0 saturated carbocycles. The van der Waals surface area contributed by atoms with Crippen molar-refractivity contribution < 1.29 is 9.59 Å². The highest BCUT2D eigenvalue weighted by Crippen LogP contribution is 2.25. The van der Waals surface area contributed by atoms with Gasteiger partial charge in [0.2, 0.25) is 5.91 Å². The summed E-state index contributed by atoms with van der Waals surface area (Å²) in [5, 5.41) is 3.63. The Bertz CT molecular complexity index is 865. The summed E-state index contributed by atoms with van der Waals surface area (Å²) in [5.41, 5.74) is 3.41. The van der Waals surface area contributed by atoms with Crippen LogP contribution < -0.4 is 5.32 Å². The van der Waals surface area contributed by atoms with Crippen molar-refractivity contribution in [2.24, 2.45) is 5.92 Å². The molecule has 26 heavy (non-hydrogen) atoms. The van der Waals surface area contributed by atoms with Crippen LogP contribution in [0.25, 0.3) is 0 Å². The van der Waals surface area contributed by atoms with Crippen LogP contribution in [0.1, 0.15) is 35.3 Å². The Labute approximate surface area is 163 Å². The number of carbonyl (C=O) groups excluding carboxylic acids is 2. The minimum atomic E-state index is -0.255. The van der Waals surface area contributed by atoms with E-state index in [2.05, 4.69) is 5.32 Å². The van der Waals surface area contributed by atoms with Gasteiger partial charge in [0.15, 0.2) is 0 Å². The van der Waals surface area contributed by atoms with E-state index in [1.165, 1.54) is 5.56 Å². The molecule has 4 nitrogen and oxygen atoms in total. The van der Waals surface area contributed by atoms with Crippen molar-refractivity contribution in [3.63, 3.8) is 0 Å². The fraction of sp³-hybridized carbons (Fsp3) is 0.300. The number of nitrogens with one attached hydrogen (secondary N) is 1. The molecule has 1 aliphatic rings. The number of rotatable bonds is 3. The first-order valence-corrected chi connectivity index (χ1v) is 9.27. The second kappa shape index (κ2) is 7.68. The zero-order valence-corrected chi connectivity index (χ0v) is 16.2. The van der Waals surface area contributed by atoms with E-state index in [-0.39, 0.29) is 17.7 Å². The zero-order chi connectivity index (χ0) is 18.8. The molecule has 0 fully saturated rings. The van der Waals surface area contributed by atoms with Crippen LogP contribution in [-0.4, -0.2) is 23.3 Å². The first-order valence-electron chi connectivity index (χ1n) is 8.52. The van der Waals surface area contributed by atoms with Gasteiger partial charge < -0.3 is 10.2 Å². The molecule has 1 heterocycles. The van der Waals surface area contributed by atoms with Gasteiger partial charge in [0.25, 0.3) is 5.91 Å². The largest absolute Gasteiger partial charge is 0.338 e. The van der Waals surface area contributed by atoms with Crippen molar-refractivity contribution in [3.05, 3.63) is 63.1 Å². The SMILES string of the molecule is CC(C)C(=O)N1CCc2ccc(NC(=O)c3ccc(Cl)c(Cl)c3)cc2C1. The number of amides is 2. The first-order chi connectivity index (χ1) is 12.3. The van der Waals surface area contributed by atoms with E-state index >= 15 is 0 Å². The van der Waals surface area contributed by atoms with E-state index in [9.17, 15) is 9.59 Å². The molecular weight excluding hydrogens is 371 g/mol. The highest BCUT2D eigenvalue weighted by atomic mass is 35.5. The quantitative estimate of drug-likeness (QED) is 0.818. The third-order valence-corrected chi connectivity index (χ3v) is 5.20. The molecule has 0 spiro atoms. The van der Waals surface area contributed by atoms with E-state index in [0.29, 0.717) is 27.8 Å². The van der Waals surface area contributed by atoms with Crippen LogP contribution in [0.2, 0.25) is 10.0 Å². The molecule has 0 unspecified atom stereocenters. The van der Waals surface area contributed by atoms with E-state index in [1.54, 1.807) is 18.2 Å². The third-order valence-electron chi connectivity index (χ3n) is 4.46. The minimum Gasteiger partial charge on any atom is -0.338 e. The molecule has 0 atom stereocenters. The van der Waals surface area contributed by atoms with Gasteiger partial charge in [-0.25, -0.2) is 0 Å². The van der Waals surface area contributed by atoms with Crippen molar-refractivity contribution in [2.75, 3.05) is 11.9 Å². The summed E-state index contributed by atoms with van der Waals surface area (Å²) in [6.45, 7) is 5.12. The Morgan fingerprint density at radius 2 is 1.81 bits per heavy atom. The Balaban J connectivity index is 1.76. The summed E-state index contributed by atoms with van der Waals surface area (Å²) >= 11 is 11.9. The highest BCUT2D eigenvalue weighted by Gasteiger charge is 2.22. The van der Waals surface area contributed by atoms with Gasteiger partial charge in [-0.2, -0.15) is 0 Å². The lowest BCUT2D eigenvalue weighted by molar-refractivity contribution is -0.135. The van der Waals surface area contributed by atoms with Crippen LogP contribution in [0, 0.1) is 5.92 Å². The van der Waals surface area contributed by atoms with Crippen LogP contribution in [0.3, 0.4) is 0 Å². The summed E-state index contributed by atoms with van der Waals surface area (Å²) in [5.74, 6) is -0.121. The molecule has 6 heteroatoms. The maximum atomic E-state index is 12.4. The Hall–Kier alpha value is -2.04. The molecule has 0 saturated heterocycles. The zero-order valence-electron chi connectivity index (χ0n) is 14.7. The normalized spacial score (nSPS) is 13.5. The van der Waals surface area contributed by atoms with E-state index < -0.39 is 0 Å². The molecule has 3 rings (SSSR count). The maximum absolute atomic E-state index is 12.4. The maximum Gasteiger partial charge on any atom is 0.255 e. The van der Waals surface area contributed by atoms with Gasteiger partial charge in [-0.3, -0.25) is 9.59 Å². The van der Waals surface area contributed by atoms with E-state index in [4.69, 9.17) is 23.2 Å². The molecule has 0 radical (unpaired) electrons. The molecule has 0 bridgehead atoms. The molecule has 136 valence electrons. The predicted octanol–water partition coefficient (Wildman–Crippen LogP) is 4.79. The number of anilines is 1. The van der Waals surface area contributed by atoms with Gasteiger partial charge in [-0.05, 0) is 47.9 Å². The standard InChI is InChI=1S/C20H20Cl2N2O2/c1-12(2)20(26)24-8-7-13-3-5-16(9-15(13)11-24)23-19(25)14-4-6-17(21)18(22)10-14/h3-6,9-10,12H,7-8,11H2,1-2H3,(H,23,25). The number of carbonyl (C=O) groups is 2. The highest BCUT2D eigenvalue weighted by molar-refractivity contribution is 6.42. The van der Waals surface area contributed by atoms with Gasteiger partial charge in [0.05, 0.1) is 10.0 Å². The molecule has 2 aromatic carbocycles. The smallest absolute Gasteiger partial charge is 0.255 e. The summed E-state index contributed by atoms with van der Waals surface area (Å²) in [6, 6.07) is 10.6. The van der Waals surface area contributed by atoms with Gasteiger partial charge >= 0.3 is 0 Å². The van der Waals surface area contributed by atoms with Crippen molar-refractivity contribution in [1.29, 1.82) is 0 Å². The number of benzene rings is 2. The second-order valence-electron chi connectivity index (χ2n) is 6.73. The van der Waals surface area contributed by atoms with Crippen molar-refractivity contribution in [2.45, 2.75) is 26.8 Å². The molecule has 1 N–H and O–H groups in total. The lowest BCUT2D eigenvalue weighted by Gasteiger charge is -2.30. The third kappa shape index (κ3) is 4.02. The van der Waals surface area contributed by atoms with Crippen molar-refractivity contribution in [3.8, 4) is 0 Å². The fourth-order valence-electron chi connectivity index (χ4n) is 3.03. The van der Waals surface area contributed by atoms with E-state index in [0.717, 1.165) is 18.5 Å². The molecule has 1 aliphatic heterocycles. The van der Waals surface area contributed by atoms with Crippen molar-refractivity contribution >= 4 is 40.7 Å². The molecule has 0 aliphatic carbocycles. The fourth-order valence-corrected chi connectivity index (χ4v) is 3.33. The van der Waals surface area contributed by atoms with Crippen LogP contribution in [0.4, 0.5) is 5.69 Å². The number of hydrogen-bond donors (Lipinski definition) is 1. The van der Waals surface area contributed by atoms with Gasteiger partial charge in [0.1, 0.15) is 0 Å². The summed E-state index contributed by atoms with van der Waals surface area (Å²) < 4.78 is 0. The summed E-state index contributed by atoms with van der Waals surface area (Å²) in [7, 11) is 0.